The number of H-pyrrole nitrogens is 2. The second-order valence-electron chi connectivity index (χ2n) is 6.67. The highest BCUT2D eigenvalue weighted by Crippen LogP contribution is 2.22. The van der Waals surface area contributed by atoms with E-state index in [1.807, 2.05) is 82.2 Å². The lowest BCUT2D eigenvalue weighted by molar-refractivity contribution is 0.755. The summed E-state index contributed by atoms with van der Waals surface area (Å²) < 4.78 is 0. The number of nitrogens with zero attached hydrogens (tertiary/aromatic N) is 2. The summed E-state index contributed by atoms with van der Waals surface area (Å²) in [6.45, 7) is 28.3. The van der Waals surface area contributed by atoms with Gasteiger partial charge in [0.05, 0.1) is 36.4 Å². The quantitative estimate of drug-likeness (QED) is 0.231. The zero-order valence-electron chi connectivity index (χ0n) is 26.2. The van der Waals surface area contributed by atoms with Crippen LogP contribution in [0.15, 0.2) is 61.5 Å². The normalized spacial score (nSPS) is 10.8. The molecule has 214 valence electrons. The zero-order valence-corrected chi connectivity index (χ0v) is 26.2. The average molecular weight is 525 g/mol. The maximum Gasteiger partial charge on any atom is 0.123 e. The third-order valence-electron chi connectivity index (χ3n) is 4.54. The van der Waals surface area contributed by atoms with Crippen LogP contribution in [0, 0.1) is 0 Å². The average Bonchev–Trinajstić information content (AvgIpc) is 3.70. The Morgan fingerprint density at radius 3 is 1.84 bits per heavy atom. The van der Waals surface area contributed by atoms with Crippen molar-refractivity contribution < 1.29 is 0 Å². The van der Waals surface area contributed by atoms with Crippen molar-refractivity contribution in [3.05, 3.63) is 84.4 Å². The Morgan fingerprint density at radius 1 is 0.868 bits per heavy atom. The summed E-state index contributed by atoms with van der Waals surface area (Å²) in [5, 5.41) is 0. The predicted molar refractivity (Wildman–Crippen MR) is 172 cm³/mol. The number of hydrogen-bond acceptors (Lipinski definition) is 4. The van der Waals surface area contributed by atoms with E-state index in [2.05, 4.69) is 63.8 Å². The van der Waals surface area contributed by atoms with Crippen LogP contribution in [0.2, 0.25) is 0 Å². The second kappa shape index (κ2) is 25.4. The number of rotatable bonds is 7. The minimum absolute atomic E-state index is 0.133. The SMILES string of the molecule is C=C/C(=C\C=C(/C)c1ccc(-c2cnc(CN)[nH]2)cc1)c1cnc([C@H](C)N)[nH]1.CC.CC.CC.CC.CC. The summed E-state index contributed by atoms with van der Waals surface area (Å²) in [5.74, 6) is 1.54. The van der Waals surface area contributed by atoms with Crippen molar-refractivity contribution in [3.63, 3.8) is 0 Å². The van der Waals surface area contributed by atoms with E-state index in [0.29, 0.717) is 6.54 Å². The van der Waals surface area contributed by atoms with Gasteiger partial charge in [0.2, 0.25) is 0 Å². The summed E-state index contributed by atoms with van der Waals surface area (Å²) >= 11 is 0. The third-order valence-corrected chi connectivity index (χ3v) is 4.54. The van der Waals surface area contributed by atoms with Crippen molar-refractivity contribution in [1.29, 1.82) is 0 Å². The van der Waals surface area contributed by atoms with Gasteiger partial charge in [-0.25, -0.2) is 9.97 Å². The summed E-state index contributed by atoms with van der Waals surface area (Å²) in [4.78, 5) is 15.0. The van der Waals surface area contributed by atoms with Gasteiger partial charge in [0.1, 0.15) is 11.6 Å². The van der Waals surface area contributed by atoms with Crippen molar-refractivity contribution in [2.75, 3.05) is 0 Å². The summed E-state index contributed by atoms with van der Waals surface area (Å²) in [5.41, 5.74) is 17.7. The number of nitrogens with two attached hydrogens (primary N) is 2. The van der Waals surface area contributed by atoms with Crippen molar-refractivity contribution in [3.8, 4) is 11.3 Å². The fraction of sp³-hybridized carbons (Fsp3) is 0.438. The first kappa shape index (κ1) is 39.3. The molecule has 0 radical (unpaired) electrons. The first-order chi connectivity index (χ1) is 18.5. The maximum absolute atomic E-state index is 5.87. The Morgan fingerprint density at radius 2 is 1.42 bits per heavy atom. The number of aromatic amines is 2. The maximum atomic E-state index is 5.87. The number of benzene rings is 1. The van der Waals surface area contributed by atoms with Crippen LogP contribution in [0.4, 0.5) is 0 Å². The van der Waals surface area contributed by atoms with Gasteiger partial charge < -0.3 is 21.4 Å². The molecule has 0 aliphatic heterocycles. The number of allylic oxidation sites excluding steroid dienone is 5. The molecule has 1 atom stereocenters. The topological polar surface area (TPSA) is 109 Å². The Kier molecular flexibility index (Phi) is 26.3. The molecule has 0 bridgehead atoms. The smallest absolute Gasteiger partial charge is 0.123 e. The Balaban J connectivity index is -0.00000110. The molecule has 2 heterocycles. The Bertz CT molecular complexity index is 1000. The van der Waals surface area contributed by atoms with E-state index in [1.54, 1.807) is 18.5 Å². The number of nitrogens with one attached hydrogen (secondary N) is 2. The largest absolute Gasteiger partial charge is 0.341 e. The number of hydrogen-bond donors (Lipinski definition) is 4. The highest BCUT2D eigenvalue weighted by Gasteiger charge is 2.07. The van der Waals surface area contributed by atoms with Crippen LogP contribution in [-0.4, -0.2) is 19.9 Å². The molecule has 6 nitrogen and oxygen atoms in total. The standard InChI is InChI=1S/C22H26N6.5C2H6/c1-4-16(19-13-26-22(28-19)15(3)24)6-5-14(2)17-7-9-18(10-8-17)20-12-25-21(11-23)27-20;5*1-2/h4-10,12-13,15H,1,11,23-24H2,2-3H3,(H,25,27)(H,26,28);5*1-2H3/b14-5+,16-6+;;;;;/t15-;;;;;/m0...../s1. The zero-order chi connectivity index (χ0) is 30.1. The minimum Gasteiger partial charge on any atom is -0.341 e. The van der Waals surface area contributed by atoms with E-state index < -0.39 is 0 Å². The van der Waals surface area contributed by atoms with Crippen LogP contribution in [0.25, 0.3) is 22.4 Å². The lowest BCUT2D eigenvalue weighted by Crippen LogP contribution is -2.06. The molecule has 0 aliphatic carbocycles. The molecule has 0 spiro atoms. The second-order valence-corrected chi connectivity index (χ2v) is 6.67. The van der Waals surface area contributed by atoms with Gasteiger partial charge >= 0.3 is 0 Å². The Labute approximate surface area is 233 Å². The molecule has 2 aromatic heterocycles. The van der Waals surface area contributed by atoms with Crippen LogP contribution < -0.4 is 11.5 Å². The van der Waals surface area contributed by atoms with Crippen LogP contribution in [0.3, 0.4) is 0 Å². The number of imidazole rings is 2. The van der Waals surface area contributed by atoms with Crippen molar-refractivity contribution in [2.24, 2.45) is 11.5 Å². The van der Waals surface area contributed by atoms with Crippen LogP contribution in [0.5, 0.6) is 0 Å². The van der Waals surface area contributed by atoms with Gasteiger partial charge in [0, 0.05) is 0 Å². The molecule has 0 saturated carbocycles. The lowest BCUT2D eigenvalue weighted by Gasteiger charge is -2.04. The van der Waals surface area contributed by atoms with Gasteiger partial charge in [-0.1, -0.05) is 118 Å². The monoisotopic (exact) mass is 524 g/mol. The summed E-state index contributed by atoms with van der Waals surface area (Å²) in [7, 11) is 0. The molecule has 6 heteroatoms. The van der Waals surface area contributed by atoms with E-state index in [0.717, 1.165) is 45.3 Å². The van der Waals surface area contributed by atoms with Gasteiger partial charge in [0.25, 0.3) is 0 Å². The van der Waals surface area contributed by atoms with Crippen molar-refractivity contribution >= 4 is 11.1 Å². The predicted octanol–water partition coefficient (Wildman–Crippen LogP) is 9.08. The van der Waals surface area contributed by atoms with Crippen LogP contribution in [0.1, 0.15) is 112 Å². The van der Waals surface area contributed by atoms with Gasteiger partial charge in [-0.3, -0.25) is 0 Å². The third kappa shape index (κ3) is 13.4. The fourth-order valence-electron chi connectivity index (χ4n) is 2.82. The molecule has 0 unspecified atom stereocenters. The molecule has 3 aromatic rings. The van der Waals surface area contributed by atoms with E-state index in [4.69, 9.17) is 11.5 Å². The highest BCUT2D eigenvalue weighted by atomic mass is 15.0. The van der Waals surface area contributed by atoms with Crippen molar-refractivity contribution in [2.45, 2.75) is 95.7 Å². The molecule has 6 N–H and O–H groups in total. The molecule has 3 rings (SSSR count). The lowest BCUT2D eigenvalue weighted by atomic mass is 10.0. The van der Waals surface area contributed by atoms with E-state index >= 15 is 0 Å². The highest BCUT2D eigenvalue weighted by molar-refractivity contribution is 5.76. The summed E-state index contributed by atoms with van der Waals surface area (Å²) in [6.07, 6.45) is 9.49. The first-order valence-corrected chi connectivity index (χ1v) is 14.2. The number of aromatic nitrogens is 4. The molecule has 0 aliphatic rings. The molecular formula is C32H56N6. The van der Waals surface area contributed by atoms with E-state index in [1.165, 1.54) is 0 Å². The van der Waals surface area contributed by atoms with Crippen LogP contribution in [-0.2, 0) is 6.54 Å². The molecular weight excluding hydrogens is 468 g/mol. The van der Waals surface area contributed by atoms with E-state index in [-0.39, 0.29) is 6.04 Å². The molecule has 0 saturated heterocycles. The van der Waals surface area contributed by atoms with E-state index in [9.17, 15) is 0 Å². The molecule has 0 amide bonds. The molecule has 38 heavy (non-hydrogen) atoms. The van der Waals surface area contributed by atoms with Gasteiger partial charge in [-0.05, 0) is 36.1 Å². The van der Waals surface area contributed by atoms with Crippen molar-refractivity contribution in [1.82, 2.24) is 19.9 Å². The molecule has 0 fully saturated rings. The van der Waals surface area contributed by atoms with Gasteiger partial charge in [-0.15, -0.1) is 0 Å². The Hall–Kier alpha value is -3.22. The van der Waals surface area contributed by atoms with Gasteiger partial charge in [0.15, 0.2) is 0 Å². The fourth-order valence-corrected chi connectivity index (χ4v) is 2.82. The summed E-state index contributed by atoms with van der Waals surface area (Å²) in [6, 6.07) is 8.20. The molecule has 1 aromatic carbocycles. The minimum atomic E-state index is -0.133. The first-order valence-electron chi connectivity index (χ1n) is 14.2. The van der Waals surface area contributed by atoms with Crippen LogP contribution >= 0.6 is 0 Å². The van der Waals surface area contributed by atoms with Gasteiger partial charge in [-0.2, -0.15) is 0 Å².